The molecule has 0 aromatic rings. The van der Waals surface area contributed by atoms with Gasteiger partial charge in [0.25, 0.3) is 0 Å². The number of carboxylic acids is 1. The van der Waals surface area contributed by atoms with Crippen molar-refractivity contribution < 1.29 is 19.4 Å². The molecule has 0 saturated heterocycles. The number of nitriles is 1. The van der Waals surface area contributed by atoms with Gasteiger partial charge in [0.05, 0.1) is 19.1 Å². The Bertz CT molecular complexity index is 290. The van der Waals surface area contributed by atoms with Crippen LogP contribution in [0, 0.1) is 22.7 Å². The molecule has 0 saturated carbocycles. The molecule has 5 nitrogen and oxygen atoms in total. The SMILES string of the molecule is CCOC(=O)CC(C)(C)C(C#N)C(=O)O. The van der Waals surface area contributed by atoms with Gasteiger partial charge in [0, 0.05) is 5.41 Å². The Kier molecular flexibility index (Phi) is 4.79. The van der Waals surface area contributed by atoms with Crippen molar-refractivity contribution >= 4 is 11.9 Å². The minimum Gasteiger partial charge on any atom is -0.480 e. The molecular weight excluding hydrogens is 198 g/mol. The van der Waals surface area contributed by atoms with Crippen molar-refractivity contribution in [1.82, 2.24) is 0 Å². The maximum absolute atomic E-state index is 11.2. The third kappa shape index (κ3) is 3.98. The maximum atomic E-state index is 11.2. The lowest BCUT2D eigenvalue weighted by Crippen LogP contribution is -2.32. The molecule has 0 aromatic heterocycles. The van der Waals surface area contributed by atoms with Crippen LogP contribution >= 0.6 is 0 Å². The zero-order valence-electron chi connectivity index (χ0n) is 9.11. The maximum Gasteiger partial charge on any atom is 0.321 e. The second kappa shape index (κ2) is 5.35. The second-order valence-corrected chi connectivity index (χ2v) is 3.87. The monoisotopic (exact) mass is 213 g/mol. The van der Waals surface area contributed by atoms with E-state index in [-0.39, 0.29) is 13.0 Å². The zero-order chi connectivity index (χ0) is 12.1. The summed E-state index contributed by atoms with van der Waals surface area (Å²) < 4.78 is 4.71. The summed E-state index contributed by atoms with van der Waals surface area (Å²) in [5.74, 6) is -2.90. The van der Waals surface area contributed by atoms with E-state index < -0.39 is 23.3 Å². The smallest absolute Gasteiger partial charge is 0.321 e. The molecule has 84 valence electrons. The van der Waals surface area contributed by atoms with E-state index in [0.717, 1.165) is 0 Å². The fraction of sp³-hybridized carbons (Fsp3) is 0.700. The first kappa shape index (κ1) is 13.4. The highest BCUT2D eigenvalue weighted by molar-refractivity contribution is 5.76. The Labute approximate surface area is 88.6 Å². The summed E-state index contributed by atoms with van der Waals surface area (Å²) in [6, 6.07) is 1.68. The topological polar surface area (TPSA) is 87.4 Å². The number of nitrogens with zero attached hydrogens (tertiary/aromatic N) is 1. The van der Waals surface area contributed by atoms with Gasteiger partial charge in [-0.05, 0) is 6.92 Å². The number of hydrogen-bond donors (Lipinski definition) is 1. The molecule has 15 heavy (non-hydrogen) atoms. The van der Waals surface area contributed by atoms with Crippen LogP contribution in [0.3, 0.4) is 0 Å². The van der Waals surface area contributed by atoms with Crippen LogP contribution in [-0.4, -0.2) is 23.7 Å². The number of ether oxygens (including phenoxy) is 1. The lowest BCUT2D eigenvalue weighted by molar-refractivity contribution is -0.149. The molecule has 5 heteroatoms. The van der Waals surface area contributed by atoms with E-state index in [2.05, 4.69) is 0 Å². The van der Waals surface area contributed by atoms with Crippen LogP contribution in [0.4, 0.5) is 0 Å². The molecule has 0 rings (SSSR count). The zero-order valence-corrected chi connectivity index (χ0v) is 9.11. The third-order valence-corrected chi connectivity index (χ3v) is 2.06. The van der Waals surface area contributed by atoms with Crippen LogP contribution in [0.25, 0.3) is 0 Å². The van der Waals surface area contributed by atoms with E-state index in [9.17, 15) is 9.59 Å². The van der Waals surface area contributed by atoms with Gasteiger partial charge in [-0.2, -0.15) is 5.26 Å². The summed E-state index contributed by atoms with van der Waals surface area (Å²) in [7, 11) is 0. The van der Waals surface area contributed by atoms with Crippen LogP contribution in [-0.2, 0) is 14.3 Å². The first-order valence-corrected chi connectivity index (χ1v) is 4.63. The van der Waals surface area contributed by atoms with Crippen molar-refractivity contribution in [2.45, 2.75) is 27.2 Å². The standard InChI is InChI=1S/C10H15NO4/c1-4-15-8(12)5-10(2,3)7(6-11)9(13)14/h7H,4-5H2,1-3H3,(H,13,14). The number of carboxylic acid groups (broad SMARTS) is 1. The minimum atomic E-state index is -1.22. The van der Waals surface area contributed by atoms with E-state index >= 15 is 0 Å². The molecule has 0 radical (unpaired) electrons. The van der Waals surface area contributed by atoms with E-state index in [1.807, 2.05) is 0 Å². The molecule has 0 fully saturated rings. The Morgan fingerprint density at radius 2 is 2.07 bits per heavy atom. The first-order chi connectivity index (χ1) is 6.85. The van der Waals surface area contributed by atoms with Gasteiger partial charge in [-0.1, -0.05) is 13.8 Å². The van der Waals surface area contributed by atoms with Gasteiger partial charge in [0.2, 0.25) is 0 Å². The molecule has 0 amide bonds. The highest BCUT2D eigenvalue weighted by Crippen LogP contribution is 2.31. The fourth-order valence-electron chi connectivity index (χ4n) is 1.25. The summed E-state index contributed by atoms with van der Waals surface area (Å²) in [5, 5.41) is 17.5. The van der Waals surface area contributed by atoms with Gasteiger partial charge in [-0.15, -0.1) is 0 Å². The molecule has 1 N–H and O–H groups in total. The molecule has 0 aliphatic rings. The highest BCUT2D eigenvalue weighted by atomic mass is 16.5. The average Bonchev–Trinajstić information content (AvgIpc) is 2.02. The van der Waals surface area contributed by atoms with Crippen molar-refractivity contribution in [3.8, 4) is 6.07 Å². The largest absolute Gasteiger partial charge is 0.480 e. The predicted molar refractivity (Wildman–Crippen MR) is 51.8 cm³/mol. The Hall–Kier alpha value is -1.57. The average molecular weight is 213 g/mol. The van der Waals surface area contributed by atoms with Crippen molar-refractivity contribution in [2.75, 3.05) is 6.61 Å². The number of carbonyl (C=O) groups is 2. The van der Waals surface area contributed by atoms with Crippen molar-refractivity contribution in [1.29, 1.82) is 5.26 Å². The Morgan fingerprint density at radius 1 is 1.53 bits per heavy atom. The van der Waals surface area contributed by atoms with Gasteiger partial charge >= 0.3 is 11.9 Å². The number of rotatable bonds is 5. The van der Waals surface area contributed by atoms with Crippen molar-refractivity contribution in [2.24, 2.45) is 11.3 Å². The summed E-state index contributed by atoms with van der Waals surface area (Å²) in [6.07, 6.45) is -0.0780. The van der Waals surface area contributed by atoms with Gasteiger partial charge in [0.1, 0.15) is 5.92 Å². The van der Waals surface area contributed by atoms with E-state index in [1.54, 1.807) is 26.8 Å². The van der Waals surface area contributed by atoms with Crippen LogP contribution in [0.1, 0.15) is 27.2 Å². The summed E-state index contributed by atoms with van der Waals surface area (Å²) in [4.78, 5) is 21.9. The van der Waals surface area contributed by atoms with E-state index in [4.69, 9.17) is 15.1 Å². The predicted octanol–water partition coefficient (Wildman–Crippen LogP) is 1.19. The van der Waals surface area contributed by atoms with Crippen LogP contribution in [0.2, 0.25) is 0 Å². The first-order valence-electron chi connectivity index (χ1n) is 4.63. The minimum absolute atomic E-state index is 0.0780. The van der Waals surface area contributed by atoms with Crippen molar-refractivity contribution in [3.63, 3.8) is 0 Å². The molecule has 0 aliphatic heterocycles. The van der Waals surface area contributed by atoms with Crippen LogP contribution < -0.4 is 0 Å². The second-order valence-electron chi connectivity index (χ2n) is 3.87. The lowest BCUT2D eigenvalue weighted by atomic mass is 9.77. The van der Waals surface area contributed by atoms with E-state index in [0.29, 0.717) is 0 Å². The van der Waals surface area contributed by atoms with Gasteiger partial charge in [-0.25, -0.2) is 0 Å². The summed E-state index contributed by atoms with van der Waals surface area (Å²) in [6.45, 7) is 5.04. The fourth-order valence-corrected chi connectivity index (χ4v) is 1.25. The number of hydrogen-bond acceptors (Lipinski definition) is 4. The van der Waals surface area contributed by atoms with Gasteiger partial charge < -0.3 is 9.84 Å². The number of carbonyl (C=O) groups excluding carboxylic acids is 1. The summed E-state index contributed by atoms with van der Waals surface area (Å²) in [5.41, 5.74) is -0.924. The van der Waals surface area contributed by atoms with Gasteiger partial charge in [0.15, 0.2) is 0 Å². The number of esters is 1. The molecule has 0 heterocycles. The molecule has 0 spiro atoms. The molecule has 0 aromatic carbocycles. The van der Waals surface area contributed by atoms with Crippen molar-refractivity contribution in [3.05, 3.63) is 0 Å². The van der Waals surface area contributed by atoms with E-state index in [1.165, 1.54) is 0 Å². The van der Waals surface area contributed by atoms with Gasteiger partial charge in [-0.3, -0.25) is 9.59 Å². The molecule has 0 aliphatic carbocycles. The number of aliphatic carboxylic acids is 1. The Balaban J connectivity index is 4.59. The molecule has 1 unspecified atom stereocenters. The Morgan fingerprint density at radius 3 is 2.40 bits per heavy atom. The quantitative estimate of drug-likeness (QED) is 0.693. The van der Waals surface area contributed by atoms with Crippen LogP contribution in [0.15, 0.2) is 0 Å². The molecule has 0 bridgehead atoms. The molecular formula is C10H15NO4. The normalized spacial score (nSPS) is 12.7. The highest BCUT2D eigenvalue weighted by Gasteiger charge is 2.37. The van der Waals surface area contributed by atoms with Crippen LogP contribution in [0.5, 0.6) is 0 Å². The summed E-state index contributed by atoms with van der Waals surface area (Å²) >= 11 is 0. The molecule has 1 atom stereocenters. The lowest BCUT2D eigenvalue weighted by Gasteiger charge is -2.25. The third-order valence-electron chi connectivity index (χ3n) is 2.06.